The van der Waals surface area contributed by atoms with Gasteiger partial charge in [0.2, 0.25) is 5.91 Å². The molecule has 5 rings (SSSR count). The van der Waals surface area contributed by atoms with Crippen molar-refractivity contribution in [2.75, 3.05) is 6.54 Å². The molecular formula is C31H38N4O. The molecule has 5 heteroatoms. The molecule has 2 aromatic heterocycles. The lowest BCUT2D eigenvalue weighted by atomic mass is 9.71. The van der Waals surface area contributed by atoms with Crippen LogP contribution in [-0.2, 0) is 10.2 Å². The molecule has 2 aliphatic carbocycles. The Hall–Kier alpha value is -3.18. The van der Waals surface area contributed by atoms with Gasteiger partial charge < -0.3 is 10.3 Å². The van der Waals surface area contributed by atoms with Gasteiger partial charge >= 0.3 is 0 Å². The molecule has 1 aromatic carbocycles. The highest BCUT2D eigenvalue weighted by Crippen LogP contribution is 2.40. The molecule has 3 atom stereocenters. The fraction of sp³-hybridized carbons (Fsp3) is 0.419. The van der Waals surface area contributed by atoms with Crippen LogP contribution in [0.5, 0.6) is 0 Å². The number of hydrogen-bond acceptors (Lipinski definition) is 3. The number of nitrogens with one attached hydrogen (secondary N) is 3. The van der Waals surface area contributed by atoms with Gasteiger partial charge in [0.05, 0.1) is 6.04 Å². The first-order valence-corrected chi connectivity index (χ1v) is 13.4. The van der Waals surface area contributed by atoms with Crippen LogP contribution in [0.2, 0.25) is 0 Å². The Kier molecular flexibility index (Phi) is 6.85. The third-order valence-corrected chi connectivity index (χ3v) is 8.54. The zero-order valence-corrected chi connectivity index (χ0v) is 21.7. The van der Waals surface area contributed by atoms with E-state index in [9.17, 15) is 4.79 Å². The van der Waals surface area contributed by atoms with Crippen molar-refractivity contribution in [1.82, 2.24) is 20.6 Å². The number of H-pyrrole nitrogens is 1. The second-order valence-electron chi connectivity index (χ2n) is 10.8. The summed E-state index contributed by atoms with van der Waals surface area (Å²) in [6.45, 7) is 7.04. The monoisotopic (exact) mass is 482 g/mol. The Labute approximate surface area is 214 Å². The van der Waals surface area contributed by atoms with Crippen LogP contribution in [0.1, 0.15) is 64.1 Å². The zero-order valence-electron chi connectivity index (χ0n) is 21.7. The van der Waals surface area contributed by atoms with Crippen molar-refractivity contribution >= 4 is 22.4 Å². The number of benzene rings is 1. The number of allylic oxidation sites excluding steroid dienone is 2. The summed E-state index contributed by atoms with van der Waals surface area (Å²) in [6.07, 6.45) is 16.3. The van der Waals surface area contributed by atoms with Crippen molar-refractivity contribution in [3.05, 3.63) is 84.3 Å². The van der Waals surface area contributed by atoms with Crippen LogP contribution < -0.4 is 10.6 Å². The van der Waals surface area contributed by atoms with Gasteiger partial charge in [0.25, 0.3) is 0 Å². The molecule has 5 nitrogen and oxygen atoms in total. The first-order chi connectivity index (χ1) is 17.4. The largest absolute Gasteiger partial charge is 0.361 e. The van der Waals surface area contributed by atoms with Crippen molar-refractivity contribution in [1.29, 1.82) is 0 Å². The summed E-state index contributed by atoms with van der Waals surface area (Å²) in [5.74, 6) is 0.261. The number of nitrogens with zero attached hydrogens (tertiary/aromatic N) is 1. The summed E-state index contributed by atoms with van der Waals surface area (Å²) in [5, 5.41) is 8.23. The van der Waals surface area contributed by atoms with Gasteiger partial charge in [0, 0.05) is 52.1 Å². The molecule has 2 aliphatic rings. The van der Waals surface area contributed by atoms with Crippen molar-refractivity contribution in [3.8, 4) is 0 Å². The van der Waals surface area contributed by atoms with E-state index < -0.39 is 0 Å². The average molecular weight is 483 g/mol. The number of hydrogen-bond donors (Lipinski definition) is 3. The number of rotatable bonds is 7. The minimum Gasteiger partial charge on any atom is -0.361 e. The molecule has 0 bridgehead atoms. The lowest BCUT2D eigenvalue weighted by molar-refractivity contribution is -0.123. The van der Waals surface area contributed by atoms with E-state index in [1.807, 2.05) is 25.3 Å². The van der Waals surface area contributed by atoms with Crippen molar-refractivity contribution in [3.63, 3.8) is 0 Å². The van der Waals surface area contributed by atoms with Gasteiger partial charge in [-0.15, -0.1) is 0 Å². The quantitative estimate of drug-likeness (QED) is 0.392. The third-order valence-electron chi connectivity index (χ3n) is 8.54. The molecule has 3 N–H and O–H groups in total. The van der Waals surface area contributed by atoms with E-state index in [2.05, 4.69) is 84.2 Å². The summed E-state index contributed by atoms with van der Waals surface area (Å²) >= 11 is 0. The maximum atomic E-state index is 13.4. The van der Waals surface area contributed by atoms with E-state index in [4.69, 9.17) is 4.98 Å². The zero-order chi connectivity index (χ0) is 25.2. The SMILES string of the molecule is CC1C=CC=C(c2c[nH]c3ccccc23)C1(C)N[C@@H](C)C(=O)NCC1(c2ccccn2)CCCCC1. The van der Waals surface area contributed by atoms with Crippen molar-refractivity contribution in [2.24, 2.45) is 5.92 Å². The predicted octanol–water partition coefficient (Wildman–Crippen LogP) is 5.91. The highest BCUT2D eigenvalue weighted by molar-refractivity contribution is 5.95. The fourth-order valence-electron chi connectivity index (χ4n) is 6.16. The first kappa shape index (κ1) is 24.5. The molecule has 36 heavy (non-hydrogen) atoms. The Morgan fingerprint density at radius 2 is 1.92 bits per heavy atom. The highest BCUT2D eigenvalue weighted by atomic mass is 16.2. The van der Waals surface area contributed by atoms with Gasteiger partial charge in [-0.2, -0.15) is 0 Å². The second-order valence-corrected chi connectivity index (χ2v) is 10.8. The molecule has 1 saturated carbocycles. The number of carbonyl (C=O) groups is 1. The van der Waals surface area contributed by atoms with Crippen LogP contribution in [0.4, 0.5) is 0 Å². The molecule has 0 radical (unpaired) electrons. The van der Waals surface area contributed by atoms with Crippen molar-refractivity contribution < 1.29 is 4.79 Å². The molecule has 1 fully saturated rings. The van der Waals surface area contributed by atoms with Crippen LogP contribution >= 0.6 is 0 Å². The van der Waals surface area contributed by atoms with Crippen LogP contribution in [-0.4, -0.2) is 34.0 Å². The van der Waals surface area contributed by atoms with Gasteiger partial charge in [-0.1, -0.05) is 68.7 Å². The van der Waals surface area contributed by atoms with E-state index in [0.717, 1.165) is 24.1 Å². The number of fused-ring (bicyclic) bond motifs is 1. The van der Waals surface area contributed by atoms with E-state index in [1.54, 1.807) is 0 Å². The average Bonchev–Trinajstić information content (AvgIpc) is 3.34. The number of aromatic amines is 1. The highest BCUT2D eigenvalue weighted by Gasteiger charge is 2.40. The first-order valence-electron chi connectivity index (χ1n) is 13.4. The predicted molar refractivity (Wildman–Crippen MR) is 148 cm³/mol. The lowest BCUT2D eigenvalue weighted by Gasteiger charge is -2.42. The maximum Gasteiger partial charge on any atom is 0.236 e. The van der Waals surface area contributed by atoms with Crippen LogP contribution in [0.15, 0.2) is 73.1 Å². The smallest absolute Gasteiger partial charge is 0.236 e. The van der Waals surface area contributed by atoms with Gasteiger partial charge in [-0.05, 0) is 56.4 Å². The molecule has 3 aromatic rings. The van der Waals surface area contributed by atoms with E-state index in [0.29, 0.717) is 6.54 Å². The Morgan fingerprint density at radius 3 is 2.69 bits per heavy atom. The van der Waals surface area contributed by atoms with Crippen LogP contribution in [0.25, 0.3) is 16.5 Å². The van der Waals surface area contributed by atoms with E-state index in [-0.39, 0.29) is 28.8 Å². The summed E-state index contributed by atoms with van der Waals surface area (Å²) in [5.41, 5.74) is 4.14. The number of amides is 1. The maximum absolute atomic E-state index is 13.4. The summed E-state index contributed by atoms with van der Waals surface area (Å²) in [6, 6.07) is 14.2. The van der Waals surface area contributed by atoms with Gasteiger partial charge in [0.15, 0.2) is 0 Å². The van der Waals surface area contributed by atoms with E-state index in [1.165, 1.54) is 35.8 Å². The second kappa shape index (κ2) is 10.1. The molecule has 0 spiro atoms. The molecular weight excluding hydrogens is 444 g/mol. The summed E-state index contributed by atoms with van der Waals surface area (Å²) < 4.78 is 0. The van der Waals surface area contributed by atoms with Gasteiger partial charge in [-0.3, -0.25) is 15.1 Å². The van der Waals surface area contributed by atoms with E-state index >= 15 is 0 Å². The molecule has 2 unspecified atom stereocenters. The number of aromatic nitrogens is 2. The fourth-order valence-corrected chi connectivity index (χ4v) is 6.16. The molecule has 2 heterocycles. The lowest BCUT2D eigenvalue weighted by Crippen LogP contribution is -2.57. The summed E-state index contributed by atoms with van der Waals surface area (Å²) in [4.78, 5) is 21.6. The Balaban J connectivity index is 1.34. The van der Waals surface area contributed by atoms with Gasteiger partial charge in [0.1, 0.15) is 0 Å². The van der Waals surface area contributed by atoms with Crippen LogP contribution in [0.3, 0.4) is 0 Å². The number of para-hydroxylation sites is 1. The van der Waals surface area contributed by atoms with Crippen molar-refractivity contribution in [2.45, 2.75) is 69.9 Å². The normalized spacial score (nSPS) is 24.3. The third kappa shape index (κ3) is 4.53. The topological polar surface area (TPSA) is 69.8 Å². The Morgan fingerprint density at radius 1 is 1.14 bits per heavy atom. The Bertz CT molecular complexity index is 1270. The molecule has 0 saturated heterocycles. The molecule has 188 valence electrons. The minimum absolute atomic E-state index is 0.0390. The molecule has 1 amide bonds. The number of pyridine rings is 1. The van der Waals surface area contributed by atoms with Gasteiger partial charge in [-0.25, -0.2) is 0 Å². The summed E-state index contributed by atoms with van der Waals surface area (Å²) in [7, 11) is 0. The van der Waals surface area contributed by atoms with Crippen LogP contribution in [0, 0.1) is 5.92 Å². The molecule has 0 aliphatic heterocycles. The standard InChI is InChI=1S/C31H38N4O/c1-22-12-11-14-26(25-20-33-27-15-6-5-13-24(25)27)30(22,3)35-23(2)29(36)34-21-31(17-8-4-9-18-31)28-16-7-10-19-32-28/h5-7,10-16,19-20,22-23,33,35H,4,8-9,17-18,21H2,1-3H3,(H,34,36)/t22?,23-,30?/m0/s1. The number of carbonyl (C=O) groups excluding carboxylic acids is 1. The minimum atomic E-state index is -0.389.